The summed E-state index contributed by atoms with van der Waals surface area (Å²) < 4.78 is 15.3. The minimum atomic E-state index is -0.299. The molecule has 0 spiro atoms. The number of nitrogens with one attached hydrogen (secondary N) is 1. The van der Waals surface area contributed by atoms with E-state index in [0.29, 0.717) is 40.3 Å². The summed E-state index contributed by atoms with van der Waals surface area (Å²) in [5.74, 6) is -0.0399. The third-order valence-electron chi connectivity index (χ3n) is 5.33. The Bertz CT molecular complexity index is 1370. The molecule has 1 heterocycles. The summed E-state index contributed by atoms with van der Waals surface area (Å²) in [6.07, 6.45) is 0.677. The van der Waals surface area contributed by atoms with Gasteiger partial charge in [0.05, 0.1) is 10.9 Å². The minimum Gasteiger partial charge on any atom is -0.350 e. The highest BCUT2D eigenvalue weighted by molar-refractivity contribution is 7.98. The van der Waals surface area contributed by atoms with E-state index in [1.807, 2.05) is 50.2 Å². The van der Waals surface area contributed by atoms with Crippen LogP contribution >= 0.6 is 11.8 Å². The highest BCUT2D eigenvalue weighted by atomic mass is 32.2. The van der Waals surface area contributed by atoms with E-state index in [0.717, 1.165) is 11.1 Å². The molecule has 4 aromatic rings. The Morgan fingerprint density at radius 2 is 1.79 bits per heavy atom. The Balaban J connectivity index is 1.71. The monoisotopic (exact) mass is 475 g/mol. The Morgan fingerprint density at radius 3 is 2.53 bits per heavy atom. The molecule has 0 atom stereocenters. The fraction of sp³-hybridized carbons (Fsp3) is 0.222. The topological polar surface area (TPSA) is 64.0 Å². The first-order chi connectivity index (χ1) is 16.4. The number of nitrogens with zero attached hydrogens (tertiary/aromatic N) is 2. The molecule has 0 bridgehead atoms. The van der Waals surface area contributed by atoms with Gasteiger partial charge >= 0.3 is 0 Å². The molecule has 0 aliphatic heterocycles. The zero-order valence-corrected chi connectivity index (χ0v) is 19.9. The predicted molar refractivity (Wildman–Crippen MR) is 135 cm³/mol. The van der Waals surface area contributed by atoms with Crippen LogP contribution < -0.4 is 10.9 Å². The quantitative estimate of drug-likeness (QED) is 0.281. The molecule has 34 heavy (non-hydrogen) atoms. The molecule has 0 aliphatic rings. The van der Waals surface area contributed by atoms with E-state index in [-0.39, 0.29) is 23.3 Å². The number of aromatic nitrogens is 2. The number of hydrogen-bond donors (Lipinski definition) is 1. The Hall–Kier alpha value is -3.45. The molecule has 3 aromatic carbocycles. The average Bonchev–Trinajstić information content (AvgIpc) is 2.82. The molecule has 1 N–H and O–H groups in total. The summed E-state index contributed by atoms with van der Waals surface area (Å²) in [5, 5.41) is 3.87. The molecule has 1 amide bonds. The van der Waals surface area contributed by atoms with Crippen LogP contribution in [0.2, 0.25) is 0 Å². The summed E-state index contributed by atoms with van der Waals surface area (Å²) in [7, 11) is 0. The predicted octanol–water partition coefficient (Wildman–Crippen LogP) is 5.21. The first kappa shape index (κ1) is 23.7. The van der Waals surface area contributed by atoms with Crippen LogP contribution in [0.25, 0.3) is 10.9 Å². The fourth-order valence-electron chi connectivity index (χ4n) is 3.66. The molecule has 1 aromatic heterocycles. The van der Waals surface area contributed by atoms with Crippen molar-refractivity contribution in [3.05, 3.63) is 106 Å². The summed E-state index contributed by atoms with van der Waals surface area (Å²) in [6, 6.07) is 21.3. The number of hydrogen-bond acceptors (Lipinski definition) is 4. The number of aryl methyl sites for hydroxylation is 1. The number of halogens is 1. The first-order valence-electron chi connectivity index (χ1n) is 11.2. The minimum absolute atomic E-state index is 0.000437. The van der Waals surface area contributed by atoms with Crippen LogP contribution in [0, 0.1) is 5.82 Å². The maximum Gasteiger partial charge on any atom is 0.262 e. The van der Waals surface area contributed by atoms with Crippen molar-refractivity contribution in [1.82, 2.24) is 14.9 Å². The van der Waals surface area contributed by atoms with Gasteiger partial charge in [-0.2, -0.15) is 0 Å². The van der Waals surface area contributed by atoms with Gasteiger partial charge in [0, 0.05) is 23.9 Å². The van der Waals surface area contributed by atoms with E-state index in [9.17, 15) is 14.0 Å². The number of amides is 1. The maximum absolute atomic E-state index is 13.6. The number of carbonyl (C=O) groups is 1. The van der Waals surface area contributed by atoms with E-state index in [4.69, 9.17) is 4.98 Å². The molecule has 0 fully saturated rings. The molecule has 174 valence electrons. The lowest BCUT2D eigenvalue weighted by Crippen LogP contribution is -2.30. The van der Waals surface area contributed by atoms with Crippen molar-refractivity contribution in [2.75, 3.05) is 0 Å². The number of thioether (sulfide) groups is 1. The summed E-state index contributed by atoms with van der Waals surface area (Å²) in [6.45, 7) is 4.25. The summed E-state index contributed by atoms with van der Waals surface area (Å²) in [5.41, 5.74) is 2.70. The van der Waals surface area contributed by atoms with E-state index in [2.05, 4.69) is 5.32 Å². The van der Waals surface area contributed by atoms with Crippen molar-refractivity contribution in [1.29, 1.82) is 0 Å². The van der Waals surface area contributed by atoms with Gasteiger partial charge in [0.2, 0.25) is 0 Å². The molecule has 0 aliphatic carbocycles. The van der Waals surface area contributed by atoms with Crippen molar-refractivity contribution in [3.8, 4) is 0 Å². The molecule has 4 rings (SSSR count). The second-order valence-corrected chi connectivity index (χ2v) is 9.31. The zero-order valence-electron chi connectivity index (χ0n) is 19.1. The van der Waals surface area contributed by atoms with E-state index >= 15 is 0 Å². The van der Waals surface area contributed by atoms with Gasteiger partial charge in [-0.25, -0.2) is 9.37 Å². The van der Waals surface area contributed by atoms with E-state index in [1.165, 1.54) is 23.9 Å². The number of rotatable bonds is 8. The molecular formula is C27H26FN3O2S. The van der Waals surface area contributed by atoms with E-state index < -0.39 is 0 Å². The van der Waals surface area contributed by atoms with Crippen molar-refractivity contribution >= 4 is 28.6 Å². The molecule has 0 unspecified atom stereocenters. The molecule has 7 heteroatoms. The van der Waals surface area contributed by atoms with Gasteiger partial charge in [-0.1, -0.05) is 54.2 Å². The number of benzene rings is 3. The second-order valence-electron chi connectivity index (χ2n) is 8.37. The lowest BCUT2D eigenvalue weighted by atomic mass is 10.1. The van der Waals surface area contributed by atoms with Crippen molar-refractivity contribution < 1.29 is 9.18 Å². The van der Waals surface area contributed by atoms with Crippen LogP contribution in [-0.4, -0.2) is 21.5 Å². The smallest absolute Gasteiger partial charge is 0.262 e. The van der Waals surface area contributed by atoms with Crippen molar-refractivity contribution in [2.45, 2.75) is 43.8 Å². The lowest BCUT2D eigenvalue weighted by Gasteiger charge is -2.14. The van der Waals surface area contributed by atoms with Gasteiger partial charge in [-0.15, -0.1) is 0 Å². The SMILES string of the molecule is CC(C)NC(=O)c1ccc2c(=O)n(CCc3ccccc3)c(SCc3cccc(F)c3)nc2c1. The van der Waals surface area contributed by atoms with Gasteiger partial charge in [0.15, 0.2) is 5.16 Å². The Kier molecular flexibility index (Phi) is 7.43. The van der Waals surface area contributed by atoms with Gasteiger partial charge in [-0.05, 0) is 61.7 Å². The van der Waals surface area contributed by atoms with Crippen LogP contribution in [0.15, 0.2) is 82.7 Å². The highest BCUT2D eigenvalue weighted by Gasteiger charge is 2.15. The normalized spacial score (nSPS) is 11.2. The molecule has 5 nitrogen and oxygen atoms in total. The van der Waals surface area contributed by atoms with Crippen LogP contribution in [0.4, 0.5) is 4.39 Å². The van der Waals surface area contributed by atoms with Gasteiger partial charge < -0.3 is 5.32 Å². The largest absolute Gasteiger partial charge is 0.350 e. The number of fused-ring (bicyclic) bond motifs is 1. The van der Waals surface area contributed by atoms with Crippen molar-refractivity contribution in [2.24, 2.45) is 0 Å². The molecular weight excluding hydrogens is 449 g/mol. The van der Waals surface area contributed by atoms with Crippen LogP contribution in [0.5, 0.6) is 0 Å². The zero-order chi connectivity index (χ0) is 24.1. The number of carbonyl (C=O) groups excluding carboxylic acids is 1. The van der Waals surface area contributed by atoms with Crippen molar-refractivity contribution in [3.63, 3.8) is 0 Å². The van der Waals surface area contributed by atoms with Crippen LogP contribution in [0.3, 0.4) is 0 Å². The molecule has 0 saturated heterocycles. The third-order valence-corrected chi connectivity index (χ3v) is 6.37. The average molecular weight is 476 g/mol. The van der Waals surface area contributed by atoms with Crippen LogP contribution in [-0.2, 0) is 18.7 Å². The first-order valence-corrected chi connectivity index (χ1v) is 12.2. The lowest BCUT2D eigenvalue weighted by molar-refractivity contribution is 0.0943. The van der Waals surface area contributed by atoms with E-state index in [1.54, 1.807) is 28.8 Å². The Morgan fingerprint density at radius 1 is 1.03 bits per heavy atom. The maximum atomic E-state index is 13.6. The summed E-state index contributed by atoms with van der Waals surface area (Å²) >= 11 is 1.38. The fourth-order valence-corrected chi connectivity index (χ4v) is 4.62. The third kappa shape index (κ3) is 5.72. The molecule has 0 radical (unpaired) electrons. The molecule has 0 saturated carbocycles. The van der Waals surface area contributed by atoms with Crippen LogP contribution in [0.1, 0.15) is 35.3 Å². The van der Waals surface area contributed by atoms with Gasteiger partial charge in [0.1, 0.15) is 5.82 Å². The van der Waals surface area contributed by atoms with Gasteiger partial charge in [-0.3, -0.25) is 14.2 Å². The standard InChI is InChI=1S/C27H26FN3O2S/c1-18(2)29-25(32)21-11-12-23-24(16-21)30-27(34-17-20-9-6-10-22(28)15-20)31(26(23)33)14-13-19-7-4-3-5-8-19/h3-12,15-16,18H,13-14,17H2,1-2H3,(H,29,32). The van der Waals surface area contributed by atoms with Gasteiger partial charge in [0.25, 0.3) is 11.5 Å². The second kappa shape index (κ2) is 10.7. The summed E-state index contributed by atoms with van der Waals surface area (Å²) in [4.78, 5) is 30.7. The highest BCUT2D eigenvalue weighted by Crippen LogP contribution is 2.23. The Labute approximate surface area is 202 Å².